The maximum Gasteiger partial charge on any atom is 0.123 e. The van der Waals surface area contributed by atoms with Crippen LogP contribution in [0.4, 0.5) is 0 Å². The van der Waals surface area contributed by atoms with Gasteiger partial charge in [0.15, 0.2) is 0 Å². The van der Waals surface area contributed by atoms with Crippen LogP contribution in [0.1, 0.15) is 33.1 Å². The van der Waals surface area contributed by atoms with E-state index < -0.39 is 0 Å². The molecule has 2 unspecified atom stereocenters. The maximum absolute atomic E-state index is 10.6. The van der Waals surface area contributed by atoms with E-state index in [0.717, 1.165) is 31.8 Å². The summed E-state index contributed by atoms with van der Waals surface area (Å²) in [7, 11) is 0. The van der Waals surface area contributed by atoms with Crippen LogP contribution in [0, 0.1) is 17.3 Å². The fourth-order valence-corrected chi connectivity index (χ4v) is 2.27. The Morgan fingerprint density at radius 2 is 1.50 bits per heavy atom. The molecule has 0 heterocycles. The molecule has 2 nitrogen and oxygen atoms in total. The van der Waals surface area contributed by atoms with E-state index >= 15 is 0 Å². The Balaban J connectivity index is 2.64. The number of aldehydes is 2. The van der Waals surface area contributed by atoms with Crippen LogP contribution in [0.2, 0.25) is 0 Å². The van der Waals surface area contributed by atoms with Crippen molar-refractivity contribution in [1.29, 1.82) is 0 Å². The monoisotopic (exact) mass is 168 g/mol. The first kappa shape index (κ1) is 9.43. The molecular weight excluding hydrogens is 152 g/mol. The number of carbonyl (C=O) groups is 2. The standard InChI is InChI=1S/C10H16O2/c1-10(2)4-8(6-11)3-9(5-10)7-12/h6-9H,3-5H2,1-2H3. The van der Waals surface area contributed by atoms with Crippen LogP contribution in [0.3, 0.4) is 0 Å². The minimum absolute atomic E-state index is 0.101. The zero-order valence-electron chi connectivity index (χ0n) is 7.75. The average Bonchev–Trinajstić information content (AvgIpc) is 2.01. The van der Waals surface area contributed by atoms with E-state index in [4.69, 9.17) is 0 Å². The highest BCUT2D eigenvalue weighted by Crippen LogP contribution is 2.40. The second-order valence-corrected chi connectivity index (χ2v) is 4.60. The second-order valence-electron chi connectivity index (χ2n) is 4.60. The van der Waals surface area contributed by atoms with Crippen LogP contribution in [-0.2, 0) is 9.59 Å². The van der Waals surface area contributed by atoms with Crippen molar-refractivity contribution in [3.63, 3.8) is 0 Å². The molecular formula is C10H16O2. The minimum atomic E-state index is 0.101. The van der Waals surface area contributed by atoms with Gasteiger partial charge in [-0.05, 0) is 24.7 Å². The predicted molar refractivity (Wildman–Crippen MR) is 46.7 cm³/mol. The van der Waals surface area contributed by atoms with E-state index in [1.54, 1.807) is 0 Å². The molecule has 0 bridgehead atoms. The summed E-state index contributed by atoms with van der Waals surface area (Å²) in [5, 5.41) is 0. The summed E-state index contributed by atoms with van der Waals surface area (Å²) >= 11 is 0. The van der Waals surface area contributed by atoms with Gasteiger partial charge in [0.1, 0.15) is 12.6 Å². The fraction of sp³-hybridized carbons (Fsp3) is 0.800. The molecule has 1 rings (SSSR count). The number of hydrogen-bond donors (Lipinski definition) is 0. The lowest BCUT2D eigenvalue weighted by atomic mass is 9.68. The third-order valence-corrected chi connectivity index (χ3v) is 2.62. The third-order valence-electron chi connectivity index (χ3n) is 2.62. The number of carbonyl (C=O) groups excluding carboxylic acids is 2. The zero-order valence-corrected chi connectivity index (χ0v) is 7.75. The van der Waals surface area contributed by atoms with Crippen molar-refractivity contribution in [2.45, 2.75) is 33.1 Å². The molecule has 0 aromatic heterocycles. The van der Waals surface area contributed by atoms with Crippen LogP contribution in [0.15, 0.2) is 0 Å². The summed E-state index contributed by atoms with van der Waals surface area (Å²) in [6, 6.07) is 0. The Labute approximate surface area is 73.3 Å². The lowest BCUT2D eigenvalue weighted by Crippen LogP contribution is -2.30. The zero-order chi connectivity index (χ0) is 9.19. The van der Waals surface area contributed by atoms with Crippen molar-refractivity contribution in [3.8, 4) is 0 Å². The molecule has 0 radical (unpaired) electrons. The molecule has 0 spiro atoms. The van der Waals surface area contributed by atoms with Gasteiger partial charge in [0.05, 0.1) is 0 Å². The van der Waals surface area contributed by atoms with Crippen LogP contribution >= 0.6 is 0 Å². The van der Waals surface area contributed by atoms with Gasteiger partial charge in [-0.15, -0.1) is 0 Å². The van der Waals surface area contributed by atoms with Gasteiger partial charge in [-0.2, -0.15) is 0 Å². The largest absolute Gasteiger partial charge is 0.303 e. The van der Waals surface area contributed by atoms with Gasteiger partial charge < -0.3 is 9.59 Å². The summed E-state index contributed by atoms with van der Waals surface area (Å²) in [6.45, 7) is 4.25. The van der Waals surface area contributed by atoms with Crippen molar-refractivity contribution in [2.75, 3.05) is 0 Å². The fourth-order valence-electron chi connectivity index (χ4n) is 2.27. The van der Waals surface area contributed by atoms with Crippen LogP contribution in [0.25, 0.3) is 0 Å². The first-order valence-electron chi connectivity index (χ1n) is 4.48. The molecule has 0 aromatic carbocycles. The van der Waals surface area contributed by atoms with Crippen LogP contribution in [0.5, 0.6) is 0 Å². The summed E-state index contributed by atoms with van der Waals surface area (Å²) in [6.07, 6.45) is 4.62. The molecule has 0 amide bonds. The van der Waals surface area contributed by atoms with E-state index in [9.17, 15) is 9.59 Å². The van der Waals surface area contributed by atoms with Gasteiger partial charge in [-0.1, -0.05) is 13.8 Å². The Bertz CT molecular complexity index is 166. The third kappa shape index (κ3) is 2.16. The molecule has 1 aliphatic carbocycles. The van der Waals surface area contributed by atoms with Gasteiger partial charge in [0.25, 0.3) is 0 Å². The highest BCUT2D eigenvalue weighted by Gasteiger charge is 2.33. The topological polar surface area (TPSA) is 34.1 Å². The van der Waals surface area contributed by atoms with E-state index in [-0.39, 0.29) is 17.3 Å². The average molecular weight is 168 g/mol. The SMILES string of the molecule is CC1(C)CC(C=O)CC(C=O)C1. The van der Waals surface area contributed by atoms with Crippen molar-refractivity contribution < 1.29 is 9.59 Å². The molecule has 1 fully saturated rings. The van der Waals surface area contributed by atoms with Gasteiger partial charge >= 0.3 is 0 Å². The number of hydrogen-bond acceptors (Lipinski definition) is 2. The lowest BCUT2D eigenvalue weighted by Gasteiger charge is -2.35. The Kier molecular flexibility index (Phi) is 2.65. The molecule has 12 heavy (non-hydrogen) atoms. The van der Waals surface area contributed by atoms with E-state index in [2.05, 4.69) is 13.8 Å². The van der Waals surface area contributed by atoms with E-state index in [1.165, 1.54) is 0 Å². The quantitative estimate of drug-likeness (QED) is 0.589. The van der Waals surface area contributed by atoms with Crippen molar-refractivity contribution in [3.05, 3.63) is 0 Å². The first-order chi connectivity index (χ1) is 5.57. The van der Waals surface area contributed by atoms with Crippen molar-refractivity contribution in [1.82, 2.24) is 0 Å². The molecule has 0 N–H and O–H groups in total. The van der Waals surface area contributed by atoms with Gasteiger partial charge in [-0.25, -0.2) is 0 Å². The maximum atomic E-state index is 10.6. The van der Waals surface area contributed by atoms with Crippen molar-refractivity contribution in [2.24, 2.45) is 17.3 Å². The molecule has 68 valence electrons. The molecule has 2 heteroatoms. The van der Waals surface area contributed by atoms with Gasteiger partial charge in [0.2, 0.25) is 0 Å². The molecule has 0 aromatic rings. The lowest BCUT2D eigenvalue weighted by molar-refractivity contribution is -0.117. The predicted octanol–water partition coefficient (Wildman–Crippen LogP) is 1.83. The second kappa shape index (κ2) is 3.38. The van der Waals surface area contributed by atoms with Crippen LogP contribution < -0.4 is 0 Å². The minimum Gasteiger partial charge on any atom is -0.303 e. The smallest absolute Gasteiger partial charge is 0.123 e. The summed E-state index contributed by atoms with van der Waals surface area (Å²) in [5.74, 6) is 0.202. The van der Waals surface area contributed by atoms with Crippen LogP contribution in [-0.4, -0.2) is 12.6 Å². The molecule has 0 aliphatic heterocycles. The first-order valence-corrected chi connectivity index (χ1v) is 4.48. The van der Waals surface area contributed by atoms with E-state index in [0.29, 0.717) is 0 Å². The van der Waals surface area contributed by atoms with Crippen molar-refractivity contribution >= 4 is 12.6 Å². The molecule has 2 atom stereocenters. The number of rotatable bonds is 2. The highest BCUT2D eigenvalue weighted by atomic mass is 16.1. The summed E-state index contributed by atoms with van der Waals surface area (Å²) < 4.78 is 0. The summed E-state index contributed by atoms with van der Waals surface area (Å²) in [5.41, 5.74) is 0.162. The normalized spacial score (nSPS) is 34.2. The molecule has 0 saturated heterocycles. The van der Waals surface area contributed by atoms with Gasteiger partial charge in [-0.3, -0.25) is 0 Å². The van der Waals surface area contributed by atoms with Gasteiger partial charge in [0, 0.05) is 11.8 Å². The van der Waals surface area contributed by atoms with E-state index in [1.807, 2.05) is 0 Å². The highest BCUT2D eigenvalue weighted by molar-refractivity contribution is 5.59. The molecule has 1 saturated carbocycles. The summed E-state index contributed by atoms with van der Waals surface area (Å²) in [4.78, 5) is 21.2. The Morgan fingerprint density at radius 3 is 1.83 bits per heavy atom. The Hall–Kier alpha value is -0.660. The molecule has 1 aliphatic rings. The Morgan fingerprint density at radius 1 is 1.08 bits per heavy atom.